The number of amides is 2. The highest BCUT2D eigenvalue weighted by molar-refractivity contribution is 5.92. The molecular weight excluding hydrogens is 316 g/mol. The van der Waals surface area contributed by atoms with E-state index < -0.39 is 0 Å². The number of likely N-dealkylation sites (N-methyl/N-ethyl adjacent to an activating group) is 1. The van der Waals surface area contributed by atoms with Crippen molar-refractivity contribution in [2.24, 2.45) is 5.92 Å². The summed E-state index contributed by atoms with van der Waals surface area (Å²) in [7, 11) is 2.15. The number of hydrogen-bond acceptors (Lipinski definition) is 3. The molecule has 3 fully saturated rings. The molecule has 1 N–H and O–H groups in total. The summed E-state index contributed by atoms with van der Waals surface area (Å²) in [6.07, 6.45) is 6.73. The van der Waals surface area contributed by atoms with Gasteiger partial charge in [-0.05, 0) is 50.8 Å². The van der Waals surface area contributed by atoms with E-state index >= 15 is 0 Å². The summed E-state index contributed by atoms with van der Waals surface area (Å²) in [6.45, 7) is 4.08. The van der Waals surface area contributed by atoms with Crippen molar-refractivity contribution in [1.29, 1.82) is 0 Å². The Kier molecular flexibility index (Phi) is 4.31. The number of aromatic nitrogens is 1. The lowest BCUT2D eigenvalue weighted by atomic mass is 9.86. The molecule has 3 aliphatic rings. The molecule has 6 heteroatoms. The van der Waals surface area contributed by atoms with Crippen LogP contribution in [0.5, 0.6) is 0 Å². The van der Waals surface area contributed by atoms with E-state index in [1.54, 1.807) is 6.20 Å². The van der Waals surface area contributed by atoms with Gasteiger partial charge in [-0.3, -0.25) is 14.5 Å². The smallest absolute Gasteiger partial charge is 0.270 e. The maximum Gasteiger partial charge on any atom is 0.270 e. The number of nitrogens with zero attached hydrogens (tertiary/aromatic N) is 3. The molecule has 1 saturated carbocycles. The Balaban J connectivity index is 1.48. The Labute approximate surface area is 149 Å². The molecule has 0 aromatic carbocycles. The fraction of sp³-hybridized carbons (Fsp3) is 0.684. The number of likely N-dealkylation sites (tertiary alicyclic amines) is 1. The largest absolute Gasteiger partial charge is 0.357 e. The van der Waals surface area contributed by atoms with Crippen LogP contribution in [-0.2, 0) is 4.79 Å². The van der Waals surface area contributed by atoms with Crippen LogP contribution in [0.15, 0.2) is 18.3 Å². The van der Waals surface area contributed by atoms with E-state index in [9.17, 15) is 9.59 Å². The summed E-state index contributed by atoms with van der Waals surface area (Å²) in [5, 5.41) is 0. The standard InChI is InChI=1S/C19H28N4O2/c1-21-11-12-23(18(25)16-3-2-9-20-16)14-19(21)7-6-17(24)22(10-8-19)13-15-4-5-15/h2-3,9,15,20H,4-8,10-14H2,1H3/t19-/m0/s1. The Morgan fingerprint density at radius 3 is 2.84 bits per heavy atom. The lowest BCUT2D eigenvalue weighted by Crippen LogP contribution is -2.62. The van der Waals surface area contributed by atoms with Gasteiger partial charge in [0.25, 0.3) is 5.91 Å². The Hall–Kier alpha value is -1.82. The number of carbonyl (C=O) groups excluding carboxylic acids is 2. The molecule has 0 unspecified atom stereocenters. The van der Waals surface area contributed by atoms with Gasteiger partial charge in [-0.1, -0.05) is 0 Å². The van der Waals surface area contributed by atoms with Crippen LogP contribution in [0.4, 0.5) is 0 Å². The molecule has 1 atom stereocenters. The predicted molar refractivity (Wildman–Crippen MR) is 95.2 cm³/mol. The van der Waals surface area contributed by atoms with E-state index in [4.69, 9.17) is 0 Å². The summed E-state index contributed by atoms with van der Waals surface area (Å²) in [4.78, 5) is 34.7. The molecule has 1 aromatic rings. The van der Waals surface area contributed by atoms with Gasteiger partial charge in [0, 0.05) is 50.9 Å². The molecule has 136 valence electrons. The predicted octanol–water partition coefficient (Wildman–Crippen LogP) is 1.56. The van der Waals surface area contributed by atoms with E-state index in [-0.39, 0.29) is 11.4 Å². The fourth-order valence-electron chi connectivity index (χ4n) is 4.31. The summed E-state index contributed by atoms with van der Waals surface area (Å²) < 4.78 is 0. The van der Waals surface area contributed by atoms with Crippen molar-refractivity contribution in [2.45, 2.75) is 37.6 Å². The van der Waals surface area contributed by atoms with Crippen LogP contribution in [0.2, 0.25) is 0 Å². The molecule has 2 amide bonds. The lowest BCUT2D eigenvalue weighted by molar-refractivity contribution is -0.130. The molecule has 0 bridgehead atoms. The minimum absolute atomic E-state index is 0.0721. The van der Waals surface area contributed by atoms with Gasteiger partial charge >= 0.3 is 0 Å². The SMILES string of the molecule is CN1CCN(C(=O)c2ccc[nH]2)C[C@@]12CCC(=O)N(CC1CC1)CC2. The zero-order valence-corrected chi connectivity index (χ0v) is 15.0. The third kappa shape index (κ3) is 3.32. The van der Waals surface area contributed by atoms with Gasteiger partial charge in [0.15, 0.2) is 0 Å². The lowest BCUT2D eigenvalue weighted by Gasteiger charge is -2.49. The van der Waals surface area contributed by atoms with Crippen LogP contribution in [0, 0.1) is 5.92 Å². The van der Waals surface area contributed by atoms with Crippen molar-refractivity contribution in [3.8, 4) is 0 Å². The van der Waals surface area contributed by atoms with Crippen LogP contribution in [-0.4, -0.2) is 76.8 Å². The molecule has 1 spiro atoms. The quantitative estimate of drug-likeness (QED) is 0.905. The second-order valence-electron chi connectivity index (χ2n) is 7.99. The molecule has 2 saturated heterocycles. The zero-order valence-electron chi connectivity index (χ0n) is 15.0. The van der Waals surface area contributed by atoms with E-state index in [2.05, 4.69) is 21.8 Å². The molecule has 25 heavy (non-hydrogen) atoms. The number of H-pyrrole nitrogens is 1. The molecule has 1 aliphatic carbocycles. The van der Waals surface area contributed by atoms with Crippen molar-refractivity contribution in [3.05, 3.63) is 24.0 Å². The Bertz CT molecular complexity index is 640. The van der Waals surface area contributed by atoms with Crippen molar-refractivity contribution in [1.82, 2.24) is 19.7 Å². The number of rotatable bonds is 3. The number of carbonyl (C=O) groups is 2. The average Bonchev–Trinajstić information content (AvgIpc) is 3.30. The third-order valence-corrected chi connectivity index (χ3v) is 6.30. The number of aromatic amines is 1. The highest BCUT2D eigenvalue weighted by Crippen LogP contribution is 2.35. The number of nitrogens with one attached hydrogen (secondary N) is 1. The van der Waals surface area contributed by atoms with Gasteiger partial charge in [-0.2, -0.15) is 0 Å². The van der Waals surface area contributed by atoms with Crippen LogP contribution < -0.4 is 0 Å². The van der Waals surface area contributed by atoms with Crippen molar-refractivity contribution in [3.63, 3.8) is 0 Å². The van der Waals surface area contributed by atoms with Crippen LogP contribution >= 0.6 is 0 Å². The van der Waals surface area contributed by atoms with Crippen molar-refractivity contribution < 1.29 is 9.59 Å². The maximum absolute atomic E-state index is 12.8. The summed E-state index contributed by atoms with van der Waals surface area (Å²) in [5.74, 6) is 1.10. The topological polar surface area (TPSA) is 59.7 Å². The normalized spacial score (nSPS) is 28.4. The van der Waals surface area contributed by atoms with Crippen LogP contribution in [0.1, 0.15) is 42.6 Å². The third-order valence-electron chi connectivity index (χ3n) is 6.30. The van der Waals surface area contributed by atoms with Crippen LogP contribution in [0.25, 0.3) is 0 Å². The fourth-order valence-corrected chi connectivity index (χ4v) is 4.31. The molecule has 0 radical (unpaired) electrons. The summed E-state index contributed by atoms with van der Waals surface area (Å²) in [5.41, 5.74) is 0.578. The van der Waals surface area contributed by atoms with Gasteiger partial charge in [-0.15, -0.1) is 0 Å². The Morgan fingerprint density at radius 2 is 2.12 bits per heavy atom. The molecule has 4 rings (SSSR count). The van der Waals surface area contributed by atoms with Crippen LogP contribution in [0.3, 0.4) is 0 Å². The first kappa shape index (κ1) is 16.6. The first-order chi connectivity index (χ1) is 12.1. The second kappa shape index (κ2) is 6.48. The summed E-state index contributed by atoms with van der Waals surface area (Å²) in [6, 6.07) is 3.69. The van der Waals surface area contributed by atoms with Crippen molar-refractivity contribution in [2.75, 3.05) is 39.8 Å². The first-order valence-corrected chi connectivity index (χ1v) is 9.49. The molecule has 2 aliphatic heterocycles. The molecule has 6 nitrogen and oxygen atoms in total. The van der Waals surface area contributed by atoms with E-state index in [1.165, 1.54) is 12.8 Å². The van der Waals surface area contributed by atoms with Gasteiger partial charge < -0.3 is 14.8 Å². The van der Waals surface area contributed by atoms with Crippen molar-refractivity contribution >= 4 is 11.8 Å². The minimum atomic E-state index is -0.0749. The minimum Gasteiger partial charge on any atom is -0.357 e. The van der Waals surface area contributed by atoms with Gasteiger partial charge in [0.2, 0.25) is 5.91 Å². The highest BCUT2D eigenvalue weighted by atomic mass is 16.2. The van der Waals surface area contributed by atoms with Gasteiger partial charge in [-0.25, -0.2) is 0 Å². The monoisotopic (exact) mass is 344 g/mol. The molecule has 1 aromatic heterocycles. The molecular formula is C19H28N4O2. The first-order valence-electron chi connectivity index (χ1n) is 9.49. The van der Waals surface area contributed by atoms with E-state index in [1.807, 2.05) is 17.0 Å². The summed E-state index contributed by atoms with van der Waals surface area (Å²) >= 11 is 0. The highest BCUT2D eigenvalue weighted by Gasteiger charge is 2.44. The van der Waals surface area contributed by atoms with Gasteiger partial charge in [0.1, 0.15) is 5.69 Å². The number of hydrogen-bond donors (Lipinski definition) is 1. The average molecular weight is 344 g/mol. The van der Waals surface area contributed by atoms with E-state index in [0.717, 1.165) is 44.9 Å². The maximum atomic E-state index is 12.8. The van der Waals surface area contributed by atoms with Gasteiger partial charge in [0.05, 0.1) is 0 Å². The van der Waals surface area contributed by atoms with E-state index in [0.29, 0.717) is 24.6 Å². The second-order valence-corrected chi connectivity index (χ2v) is 7.99. The molecule has 3 heterocycles. The number of piperazine rings is 1. The zero-order chi connectivity index (χ0) is 17.4. The Morgan fingerprint density at radius 1 is 1.28 bits per heavy atom.